The van der Waals surface area contributed by atoms with E-state index in [2.05, 4.69) is 52.8 Å². The second-order valence-corrected chi connectivity index (χ2v) is 5.73. The first kappa shape index (κ1) is 12.3. The summed E-state index contributed by atoms with van der Waals surface area (Å²) in [4.78, 5) is 10.7. The molecule has 1 aliphatic rings. The predicted molar refractivity (Wildman–Crippen MR) is 72.6 cm³/mol. The predicted octanol–water partition coefficient (Wildman–Crippen LogP) is 2.17. The molecule has 100 valence electrons. The minimum Gasteiger partial charge on any atom is -0.340 e. The van der Waals surface area contributed by atoms with E-state index in [0.717, 1.165) is 17.3 Å². The Bertz CT molecular complexity index is 633. The molecule has 19 heavy (non-hydrogen) atoms. The SMILES string of the molecule is CC(C)N1c2nc(Cl)ncc2-n2cnnc2C1(C)C. The number of rotatable bonds is 1. The Labute approximate surface area is 116 Å². The van der Waals surface area contributed by atoms with Gasteiger partial charge in [-0.15, -0.1) is 10.2 Å². The quantitative estimate of drug-likeness (QED) is 0.748. The molecule has 3 heterocycles. The number of hydrogen-bond donors (Lipinski definition) is 0. The third-order valence-electron chi connectivity index (χ3n) is 3.42. The van der Waals surface area contributed by atoms with Crippen LogP contribution in [0.3, 0.4) is 0 Å². The molecule has 0 spiro atoms. The second-order valence-electron chi connectivity index (χ2n) is 5.40. The highest BCUT2D eigenvalue weighted by molar-refractivity contribution is 6.28. The van der Waals surface area contributed by atoms with Crippen LogP contribution in [0.15, 0.2) is 12.5 Å². The highest BCUT2D eigenvalue weighted by atomic mass is 35.5. The fourth-order valence-electron chi connectivity index (χ4n) is 2.78. The summed E-state index contributed by atoms with van der Waals surface area (Å²) in [6, 6.07) is 0.255. The summed E-state index contributed by atoms with van der Waals surface area (Å²) in [5, 5.41) is 8.51. The molecule has 0 N–H and O–H groups in total. The fraction of sp³-hybridized carbons (Fsp3) is 0.500. The van der Waals surface area contributed by atoms with Crippen molar-refractivity contribution in [1.29, 1.82) is 0 Å². The number of hydrogen-bond acceptors (Lipinski definition) is 5. The maximum Gasteiger partial charge on any atom is 0.224 e. The molecule has 0 atom stereocenters. The Morgan fingerprint density at radius 1 is 1.32 bits per heavy atom. The molecular formula is C12H15ClN6. The number of fused-ring (bicyclic) bond motifs is 3. The molecule has 6 nitrogen and oxygen atoms in total. The maximum atomic E-state index is 5.95. The Hall–Kier alpha value is -1.69. The minimum atomic E-state index is -0.310. The van der Waals surface area contributed by atoms with Gasteiger partial charge in [-0.3, -0.25) is 4.57 Å². The highest BCUT2D eigenvalue weighted by Gasteiger charge is 2.42. The van der Waals surface area contributed by atoms with Crippen molar-refractivity contribution >= 4 is 17.4 Å². The first-order valence-corrected chi connectivity index (χ1v) is 6.53. The maximum absolute atomic E-state index is 5.95. The molecule has 7 heteroatoms. The van der Waals surface area contributed by atoms with Crippen LogP contribution in [0.2, 0.25) is 5.28 Å². The van der Waals surface area contributed by atoms with Crippen LogP contribution in [0, 0.1) is 0 Å². The van der Waals surface area contributed by atoms with Gasteiger partial charge in [0, 0.05) is 6.04 Å². The van der Waals surface area contributed by atoms with Gasteiger partial charge in [0.15, 0.2) is 11.6 Å². The van der Waals surface area contributed by atoms with Crippen LogP contribution in [0.4, 0.5) is 5.82 Å². The third kappa shape index (κ3) is 1.63. The molecule has 3 rings (SSSR count). The summed E-state index contributed by atoms with van der Waals surface area (Å²) in [7, 11) is 0. The lowest BCUT2D eigenvalue weighted by molar-refractivity contribution is 0.398. The molecular weight excluding hydrogens is 264 g/mol. The van der Waals surface area contributed by atoms with Crippen molar-refractivity contribution in [2.45, 2.75) is 39.3 Å². The van der Waals surface area contributed by atoms with Gasteiger partial charge >= 0.3 is 0 Å². The topological polar surface area (TPSA) is 59.7 Å². The lowest BCUT2D eigenvalue weighted by Crippen LogP contribution is -2.50. The van der Waals surface area contributed by atoms with Gasteiger partial charge < -0.3 is 4.90 Å². The molecule has 0 aliphatic carbocycles. The summed E-state index contributed by atoms with van der Waals surface area (Å²) in [5.74, 6) is 1.69. The summed E-state index contributed by atoms with van der Waals surface area (Å²) < 4.78 is 1.92. The van der Waals surface area contributed by atoms with E-state index >= 15 is 0 Å². The average molecular weight is 279 g/mol. The average Bonchev–Trinajstić information content (AvgIpc) is 2.77. The normalized spacial score (nSPS) is 16.4. The first-order valence-electron chi connectivity index (χ1n) is 6.15. The van der Waals surface area contributed by atoms with E-state index in [1.165, 1.54) is 0 Å². The van der Waals surface area contributed by atoms with Crippen LogP contribution in [0.25, 0.3) is 5.69 Å². The van der Waals surface area contributed by atoms with Gasteiger partial charge in [-0.05, 0) is 39.3 Å². The minimum absolute atomic E-state index is 0.247. The standard InChI is InChI=1S/C12H15ClN6/c1-7(2)19-9-8(5-14-11(13)16-9)18-6-15-17-10(18)12(19,3)4/h5-7H,1-4H3. The monoisotopic (exact) mass is 278 g/mol. The molecule has 2 aromatic heterocycles. The van der Waals surface area contributed by atoms with E-state index in [1.54, 1.807) is 12.5 Å². The van der Waals surface area contributed by atoms with E-state index < -0.39 is 0 Å². The van der Waals surface area contributed by atoms with E-state index in [1.807, 2.05) is 4.57 Å². The van der Waals surface area contributed by atoms with Crippen LogP contribution < -0.4 is 4.90 Å². The second kappa shape index (κ2) is 3.90. The highest BCUT2D eigenvalue weighted by Crippen LogP contribution is 2.41. The fourth-order valence-corrected chi connectivity index (χ4v) is 2.91. The van der Waals surface area contributed by atoms with Gasteiger partial charge in [-0.1, -0.05) is 0 Å². The van der Waals surface area contributed by atoms with Crippen LogP contribution in [-0.2, 0) is 5.54 Å². The zero-order valence-electron chi connectivity index (χ0n) is 11.3. The van der Waals surface area contributed by atoms with E-state index in [4.69, 9.17) is 11.6 Å². The van der Waals surface area contributed by atoms with Crippen molar-refractivity contribution in [1.82, 2.24) is 24.7 Å². The van der Waals surface area contributed by atoms with Crippen LogP contribution in [0.5, 0.6) is 0 Å². The van der Waals surface area contributed by atoms with E-state index in [0.29, 0.717) is 0 Å². The van der Waals surface area contributed by atoms with Crippen molar-refractivity contribution in [2.24, 2.45) is 0 Å². The van der Waals surface area contributed by atoms with Crippen LogP contribution >= 0.6 is 11.6 Å². The molecule has 2 aromatic rings. The lowest BCUT2D eigenvalue weighted by Gasteiger charge is -2.45. The summed E-state index contributed by atoms with van der Waals surface area (Å²) >= 11 is 5.95. The molecule has 0 aromatic carbocycles. The Balaban J connectivity index is 2.34. The molecule has 0 saturated carbocycles. The lowest BCUT2D eigenvalue weighted by atomic mass is 9.97. The summed E-state index contributed by atoms with van der Waals surface area (Å²) in [6.45, 7) is 8.44. The smallest absolute Gasteiger partial charge is 0.224 e. The molecule has 0 fully saturated rings. The van der Waals surface area contributed by atoms with E-state index in [9.17, 15) is 0 Å². The van der Waals surface area contributed by atoms with Crippen LogP contribution in [0.1, 0.15) is 33.5 Å². The Morgan fingerprint density at radius 3 is 2.74 bits per heavy atom. The van der Waals surface area contributed by atoms with Crippen molar-refractivity contribution in [3.8, 4) is 5.69 Å². The Kier molecular flexibility index (Phi) is 2.53. The molecule has 0 unspecified atom stereocenters. The number of aromatic nitrogens is 5. The molecule has 0 bridgehead atoms. The zero-order chi connectivity index (χ0) is 13.8. The number of anilines is 1. The summed E-state index contributed by atoms with van der Waals surface area (Å²) in [5.41, 5.74) is 0.549. The van der Waals surface area contributed by atoms with Gasteiger partial charge in [0.1, 0.15) is 12.0 Å². The van der Waals surface area contributed by atoms with Gasteiger partial charge in [0.05, 0.1) is 11.7 Å². The summed E-state index contributed by atoms with van der Waals surface area (Å²) in [6.07, 6.45) is 3.40. The Morgan fingerprint density at radius 2 is 2.05 bits per heavy atom. The number of halogens is 1. The molecule has 0 radical (unpaired) electrons. The molecule has 0 saturated heterocycles. The van der Waals surface area contributed by atoms with Gasteiger partial charge in [-0.2, -0.15) is 4.98 Å². The van der Waals surface area contributed by atoms with Gasteiger partial charge in [-0.25, -0.2) is 4.98 Å². The van der Waals surface area contributed by atoms with Gasteiger partial charge in [0.2, 0.25) is 5.28 Å². The van der Waals surface area contributed by atoms with Gasteiger partial charge in [0.25, 0.3) is 0 Å². The van der Waals surface area contributed by atoms with E-state index in [-0.39, 0.29) is 16.9 Å². The number of nitrogens with zero attached hydrogens (tertiary/aromatic N) is 6. The molecule has 1 aliphatic heterocycles. The van der Waals surface area contributed by atoms with Crippen LogP contribution in [-0.4, -0.2) is 30.8 Å². The van der Waals surface area contributed by atoms with Crippen molar-refractivity contribution < 1.29 is 0 Å². The van der Waals surface area contributed by atoms with Crippen molar-refractivity contribution in [3.63, 3.8) is 0 Å². The third-order valence-corrected chi connectivity index (χ3v) is 3.60. The van der Waals surface area contributed by atoms with Crippen molar-refractivity contribution in [3.05, 3.63) is 23.6 Å². The first-order chi connectivity index (χ1) is 8.93. The van der Waals surface area contributed by atoms with Crippen molar-refractivity contribution in [2.75, 3.05) is 4.90 Å². The molecule has 0 amide bonds. The zero-order valence-corrected chi connectivity index (χ0v) is 12.0. The largest absolute Gasteiger partial charge is 0.340 e.